The minimum Gasteiger partial charge on any atom is -0.472 e. The topological polar surface area (TPSA) is 66.3 Å². The average molecular weight is 289 g/mol. The van der Waals surface area contributed by atoms with E-state index in [9.17, 15) is 9.18 Å². The molecule has 0 aliphatic carbocycles. The number of hydrogen-bond donors (Lipinski definition) is 3. The molecule has 1 aromatic heterocycles. The second kappa shape index (κ2) is 6.07. The van der Waals surface area contributed by atoms with E-state index in [-0.39, 0.29) is 23.8 Å². The van der Waals surface area contributed by atoms with Gasteiger partial charge in [-0.25, -0.2) is 15.2 Å². The Morgan fingerprint density at radius 2 is 2.10 bits per heavy atom. The first-order valence-corrected chi connectivity index (χ1v) is 6.77. The molecule has 3 N–H and O–H groups in total. The van der Waals surface area contributed by atoms with Crippen molar-refractivity contribution in [1.29, 1.82) is 0 Å². The maximum atomic E-state index is 12.9. The van der Waals surface area contributed by atoms with Crippen molar-refractivity contribution in [3.8, 4) is 0 Å². The zero-order valence-electron chi connectivity index (χ0n) is 11.3. The van der Waals surface area contributed by atoms with Crippen molar-refractivity contribution >= 4 is 5.91 Å². The second-order valence-electron chi connectivity index (χ2n) is 5.03. The lowest BCUT2D eigenvalue weighted by Crippen LogP contribution is -2.42. The van der Waals surface area contributed by atoms with Gasteiger partial charge in [0.05, 0.1) is 12.5 Å². The van der Waals surface area contributed by atoms with Gasteiger partial charge in [0.1, 0.15) is 11.9 Å². The number of halogens is 1. The van der Waals surface area contributed by atoms with Gasteiger partial charge in [0.25, 0.3) is 0 Å². The fourth-order valence-corrected chi connectivity index (χ4v) is 2.35. The van der Waals surface area contributed by atoms with Crippen molar-refractivity contribution < 1.29 is 13.6 Å². The zero-order chi connectivity index (χ0) is 14.7. The fraction of sp³-hybridized carbons (Fsp3) is 0.267. The molecule has 1 fully saturated rings. The highest BCUT2D eigenvalue weighted by Crippen LogP contribution is 2.22. The minimum atomic E-state index is -0.313. The third-order valence-corrected chi connectivity index (χ3v) is 3.54. The van der Waals surface area contributed by atoms with Crippen molar-refractivity contribution in [3.63, 3.8) is 0 Å². The molecule has 110 valence electrons. The van der Waals surface area contributed by atoms with Gasteiger partial charge in [0, 0.05) is 18.2 Å². The Balaban J connectivity index is 1.54. The Morgan fingerprint density at radius 1 is 1.29 bits per heavy atom. The summed E-state index contributed by atoms with van der Waals surface area (Å²) in [6.07, 6.45) is 3.78. The Kier molecular flexibility index (Phi) is 3.98. The number of carbonyl (C=O) groups is 1. The lowest BCUT2D eigenvalue weighted by atomic mass is 10.0. The lowest BCUT2D eigenvalue weighted by molar-refractivity contribution is -0.123. The van der Waals surface area contributed by atoms with Crippen LogP contribution in [0.3, 0.4) is 0 Å². The first-order chi connectivity index (χ1) is 10.2. The minimum absolute atomic E-state index is 0.00437. The van der Waals surface area contributed by atoms with Gasteiger partial charge in [-0.05, 0) is 30.2 Å². The number of hydrazine groups is 1. The predicted octanol–water partition coefficient (Wildman–Crippen LogP) is 1.64. The van der Waals surface area contributed by atoms with Crippen molar-refractivity contribution in [2.75, 3.05) is 0 Å². The molecule has 1 saturated heterocycles. The van der Waals surface area contributed by atoms with Crippen molar-refractivity contribution in [3.05, 3.63) is 59.8 Å². The van der Waals surface area contributed by atoms with Crippen LogP contribution in [-0.2, 0) is 11.3 Å². The Hall–Kier alpha value is -2.18. The third kappa shape index (κ3) is 3.29. The quantitative estimate of drug-likeness (QED) is 0.800. The summed E-state index contributed by atoms with van der Waals surface area (Å²) in [5.41, 5.74) is 7.91. The molecule has 2 atom stereocenters. The average Bonchev–Trinajstić information content (AvgIpc) is 3.17. The molecule has 0 saturated carbocycles. The van der Waals surface area contributed by atoms with Crippen LogP contribution in [0.5, 0.6) is 0 Å². The molecule has 5 nitrogen and oxygen atoms in total. The number of carbonyl (C=O) groups excluding carboxylic acids is 1. The van der Waals surface area contributed by atoms with Gasteiger partial charge in [-0.1, -0.05) is 12.1 Å². The summed E-state index contributed by atoms with van der Waals surface area (Å²) >= 11 is 0. The van der Waals surface area contributed by atoms with Crippen molar-refractivity contribution in [2.45, 2.75) is 25.0 Å². The third-order valence-electron chi connectivity index (χ3n) is 3.54. The molecule has 1 aromatic carbocycles. The van der Waals surface area contributed by atoms with E-state index in [2.05, 4.69) is 16.2 Å². The number of amides is 1. The van der Waals surface area contributed by atoms with Gasteiger partial charge in [-0.2, -0.15) is 0 Å². The van der Waals surface area contributed by atoms with Crippen LogP contribution in [0.2, 0.25) is 0 Å². The molecule has 1 aliphatic rings. The van der Waals surface area contributed by atoms with Gasteiger partial charge >= 0.3 is 0 Å². The highest BCUT2D eigenvalue weighted by Gasteiger charge is 2.29. The van der Waals surface area contributed by atoms with Gasteiger partial charge in [0.15, 0.2) is 0 Å². The van der Waals surface area contributed by atoms with Gasteiger partial charge < -0.3 is 9.73 Å². The summed E-state index contributed by atoms with van der Waals surface area (Å²) in [4.78, 5) is 12.1. The monoisotopic (exact) mass is 289 g/mol. The summed E-state index contributed by atoms with van der Waals surface area (Å²) in [6, 6.07) is 7.78. The lowest BCUT2D eigenvalue weighted by Gasteiger charge is -2.10. The summed E-state index contributed by atoms with van der Waals surface area (Å²) in [5, 5.41) is 2.85. The maximum absolute atomic E-state index is 12.9. The van der Waals surface area contributed by atoms with Crippen LogP contribution in [0, 0.1) is 5.82 Å². The first kappa shape index (κ1) is 13.8. The highest BCUT2D eigenvalue weighted by molar-refractivity contribution is 5.82. The summed E-state index contributed by atoms with van der Waals surface area (Å²) in [5.74, 6) is -0.340. The SMILES string of the molecule is O=C(NCc1ccoc1)C1CC(c2ccc(F)cc2)NN1. The number of hydrogen-bond acceptors (Lipinski definition) is 4. The maximum Gasteiger partial charge on any atom is 0.238 e. The Bertz CT molecular complexity index is 598. The molecule has 2 heterocycles. The largest absolute Gasteiger partial charge is 0.472 e. The van der Waals surface area contributed by atoms with E-state index in [4.69, 9.17) is 4.42 Å². The Morgan fingerprint density at radius 3 is 2.81 bits per heavy atom. The van der Waals surface area contributed by atoms with E-state index < -0.39 is 0 Å². The molecular weight excluding hydrogens is 273 g/mol. The highest BCUT2D eigenvalue weighted by atomic mass is 19.1. The number of benzene rings is 1. The standard InChI is InChI=1S/C15H16FN3O2/c16-12-3-1-11(2-4-12)13-7-14(19-18-13)15(20)17-8-10-5-6-21-9-10/h1-6,9,13-14,18-19H,7-8H2,(H,17,20). The van der Waals surface area contributed by atoms with E-state index in [0.29, 0.717) is 13.0 Å². The van der Waals surface area contributed by atoms with E-state index >= 15 is 0 Å². The van der Waals surface area contributed by atoms with Gasteiger partial charge in [0.2, 0.25) is 5.91 Å². The predicted molar refractivity (Wildman–Crippen MR) is 74.4 cm³/mol. The molecule has 0 radical (unpaired) electrons. The molecule has 1 aliphatic heterocycles. The Labute approximate surface area is 121 Å². The fourth-order valence-electron chi connectivity index (χ4n) is 2.35. The molecule has 2 aromatic rings. The van der Waals surface area contributed by atoms with E-state index in [0.717, 1.165) is 11.1 Å². The molecule has 2 unspecified atom stereocenters. The summed E-state index contributed by atoms with van der Waals surface area (Å²) in [7, 11) is 0. The van der Waals surface area contributed by atoms with E-state index in [1.165, 1.54) is 12.1 Å². The molecule has 3 rings (SSSR count). The summed E-state index contributed by atoms with van der Waals surface area (Å²) in [6.45, 7) is 0.439. The van der Waals surface area contributed by atoms with Crippen LogP contribution in [0.4, 0.5) is 4.39 Å². The van der Waals surface area contributed by atoms with Crippen LogP contribution in [0.15, 0.2) is 47.3 Å². The van der Waals surface area contributed by atoms with Crippen LogP contribution in [-0.4, -0.2) is 11.9 Å². The van der Waals surface area contributed by atoms with Crippen LogP contribution < -0.4 is 16.2 Å². The number of nitrogens with one attached hydrogen (secondary N) is 3. The molecule has 1 amide bonds. The van der Waals surface area contributed by atoms with E-state index in [1.54, 1.807) is 24.7 Å². The normalized spacial score (nSPS) is 21.4. The molecule has 6 heteroatoms. The summed E-state index contributed by atoms with van der Waals surface area (Å²) < 4.78 is 17.9. The smallest absolute Gasteiger partial charge is 0.238 e. The molecular formula is C15H16FN3O2. The van der Waals surface area contributed by atoms with Crippen LogP contribution in [0.25, 0.3) is 0 Å². The number of rotatable bonds is 4. The van der Waals surface area contributed by atoms with Crippen LogP contribution in [0.1, 0.15) is 23.6 Å². The number of furan rings is 1. The molecule has 0 bridgehead atoms. The van der Waals surface area contributed by atoms with Crippen molar-refractivity contribution in [2.24, 2.45) is 0 Å². The first-order valence-electron chi connectivity index (χ1n) is 6.77. The van der Waals surface area contributed by atoms with Gasteiger partial charge in [-0.15, -0.1) is 0 Å². The van der Waals surface area contributed by atoms with E-state index in [1.807, 2.05) is 6.07 Å². The molecule has 0 spiro atoms. The van der Waals surface area contributed by atoms with Gasteiger partial charge in [-0.3, -0.25) is 4.79 Å². The molecule has 21 heavy (non-hydrogen) atoms. The zero-order valence-corrected chi connectivity index (χ0v) is 11.3. The van der Waals surface area contributed by atoms with Crippen LogP contribution >= 0.6 is 0 Å². The second-order valence-corrected chi connectivity index (χ2v) is 5.03. The van der Waals surface area contributed by atoms with Crippen molar-refractivity contribution in [1.82, 2.24) is 16.2 Å².